The van der Waals surface area contributed by atoms with Crippen LogP contribution in [0, 0.1) is 0 Å². The summed E-state index contributed by atoms with van der Waals surface area (Å²) in [7, 11) is 0. The predicted octanol–water partition coefficient (Wildman–Crippen LogP) is 3.10. The van der Waals surface area contributed by atoms with Crippen molar-refractivity contribution < 1.29 is 23.8 Å². The Hall–Kier alpha value is -2.76. The van der Waals surface area contributed by atoms with Gasteiger partial charge in [-0.05, 0) is 32.9 Å². The maximum atomic E-state index is 11.8. The van der Waals surface area contributed by atoms with Crippen LogP contribution in [0.3, 0.4) is 0 Å². The summed E-state index contributed by atoms with van der Waals surface area (Å²) in [5.74, 6) is 0.140. The molecular formula is C18H23NO5. The molecule has 0 aliphatic rings. The number of ether oxygens (including phenoxy) is 3. The first-order valence-electron chi connectivity index (χ1n) is 7.76. The molecule has 1 amide bonds. The smallest absolute Gasteiger partial charge is 0.331 e. The molecule has 0 saturated carbocycles. The zero-order valence-corrected chi connectivity index (χ0v) is 14.2. The molecule has 0 heterocycles. The summed E-state index contributed by atoms with van der Waals surface area (Å²) in [6.45, 7) is 6.20. The fraction of sp³-hybridized carbons (Fsp3) is 0.333. The van der Waals surface area contributed by atoms with Crippen molar-refractivity contribution >= 4 is 17.6 Å². The van der Waals surface area contributed by atoms with Crippen molar-refractivity contribution in [1.82, 2.24) is 0 Å². The topological polar surface area (TPSA) is 73.9 Å². The number of nitrogens with one attached hydrogen (secondary N) is 1. The van der Waals surface area contributed by atoms with Crippen LogP contribution in [0.25, 0.3) is 0 Å². The lowest BCUT2D eigenvalue weighted by molar-refractivity contribution is -0.142. The van der Waals surface area contributed by atoms with Gasteiger partial charge in [-0.15, -0.1) is 0 Å². The lowest BCUT2D eigenvalue weighted by atomic mass is 10.2. The molecule has 0 fully saturated rings. The number of amides is 1. The van der Waals surface area contributed by atoms with E-state index in [1.165, 1.54) is 6.08 Å². The van der Waals surface area contributed by atoms with E-state index in [2.05, 4.69) is 5.32 Å². The molecule has 0 atom stereocenters. The second-order valence-electron chi connectivity index (χ2n) is 4.57. The van der Waals surface area contributed by atoms with Crippen LogP contribution in [-0.4, -0.2) is 31.7 Å². The Labute approximate surface area is 142 Å². The third kappa shape index (κ3) is 7.00. The van der Waals surface area contributed by atoms with Gasteiger partial charge in [0.1, 0.15) is 0 Å². The van der Waals surface area contributed by atoms with E-state index >= 15 is 0 Å². The first-order valence-corrected chi connectivity index (χ1v) is 7.76. The standard InChI is InChI=1S/C18H23NO5/c1-4-7-8-9-18(21)24-13-17(20)19-14-10-11-15(22-5-2)16(12-14)23-6-3/h4,7-12H,5-6,13H2,1-3H3,(H,19,20)/b7-4+,9-8+. The number of rotatable bonds is 9. The third-order valence-electron chi connectivity index (χ3n) is 2.71. The number of allylic oxidation sites excluding steroid dienone is 3. The minimum Gasteiger partial charge on any atom is -0.490 e. The van der Waals surface area contributed by atoms with Gasteiger partial charge in [0, 0.05) is 17.8 Å². The molecule has 0 aromatic heterocycles. The maximum Gasteiger partial charge on any atom is 0.331 e. The normalized spacial score (nSPS) is 10.8. The molecule has 24 heavy (non-hydrogen) atoms. The highest BCUT2D eigenvalue weighted by molar-refractivity contribution is 5.94. The molecular weight excluding hydrogens is 310 g/mol. The minimum atomic E-state index is -0.579. The molecule has 1 rings (SSSR count). The molecule has 1 aromatic carbocycles. The lowest BCUT2D eigenvalue weighted by Gasteiger charge is -2.13. The van der Waals surface area contributed by atoms with Crippen molar-refractivity contribution in [2.45, 2.75) is 20.8 Å². The average Bonchev–Trinajstić information content (AvgIpc) is 2.56. The monoisotopic (exact) mass is 333 g/mol. The van der Waals surface area contributed by atoms with Crippen LogP contribution in [0.2, 0.25) is 0 Å². The number of carbonyl (C=O) groups excluding carboxylic acids is 2. The second kappa shape index (κ2) is 10.9. The summed E-state index contributed by atoms with van der Waals surface area (Å²) in [5.41, 5.74) is 0.535. The van der Waals surface area contributed by atoms with Gasteiger partial charge in [0.2, 0.25) is 0 Å². The second-order valence-corrected chi connectivity index (χ2v) is 4.57. The first kappa shape index (κ1) is 19.3. The molecule has 0 bridgehead atoms. The van der Waals surface area contributed by atoms with Gasteiger partial charge >= 0.3 is 5.97 Å². The fourth-order valence-corrected chi connectivity index (χ4v) is 1.76. The van der Waals surface area contributed by atoms with Crippen LogP contribution in [-0.2, 0) is 14.3 Å². The van der Waals surface area contributed by atoms with Gasteiger partial charge in [0.05, 0.1) is 13.2 Å². The van der Waals surface area contributed by atoms with Crippen LogP contribution < -0.4 is 14.8 Å². The van der Waals surface area contributed by atoms with Gasteiger partial charge in [-0.2, -0.15) is 0 Å². The van der Waals surface area contributed by atoms with Crippen molar-refractivity contribution in [3.63, 3.8) is 0 Å². The number of anilines is 1. The summed E-state index contributed by atoms with van der Waals surface area (Å²) < 4.78 is 15.8. The highest BCUT2D eigenvalue weighted by Gasteiger charge is 2.09. The van der Waals surface area contributed by atoms with E-state index in [1.807, 2.05) is 20.8 Å². The van der Waals surface area contributed by atoms with Gasteiger partial charge < -0.3 is 19.5 Å². The predicted molar refractivity (Wildman–Crippen MR) is 92.3 cm³/mol. The van der Waals surface area contributed by atoms with E-state index in [-0.39, 0.29) is 6.61 Å². The number of hydrogen-bond donors (Lipinski definition) is 1. The van der Waals surface area contributed by atoms with Crippen molar-refractivity contribution in [2.75, 3.05) is 25.1 Å². The molecule has 0 unspecified atom stereocenters. The summed E-state index contributed by atoms with van der Waals surface area (Å²) >= 11 is 0. The molecule has 0 spiro atoms. The van der Waals surface area contributed by atoms with Gasteiger partial charge in [-0.25, -0.2) is 4.79 Å². The largest absolute Gasteiger partial charge is 0.490 e. The van der Waals surface area contributed by atoms with Crippen molar-refractivity contribution in [3.8, 4) is 11.5 Å². The third-order valence-corrected chi connectivity index (χ3v) is 2.71. The minimum absolute atomic E-state index is 0.365. The Balaban J connectivity index is 2.60. The molecule has 6 heteroatoms. The summed E-state index contributed by atoms with van der Waals surface area (Å²) in [4.78, 5) is 23.2. The molecule has 6 nitrogen and oxygen atoms in total. The molecule has 0 aliphatic carbocycles. The van der Waals surface area contributed by atoms with E-state index in [9.17, 15) is 9.59 Å². The Morgan fingerprint density at radius 1 is 1.08 bits per heavy atom. The van der Waals surface area contributed by atoms with E-state index < -0.39 is 11.9 Å². The highest BCUT2D eigenvalue weighted by atomic mass is 16.5. The van der Waals surface area contributed by atoms with Gasteiger partial charge in [-0.1, -0.05) is 18.2 Å². The zero-order valence-electron chi connectivity index (χ0n) is 14.2. The Morgan fingerprint density at radius 3 is 2.46 bits per heavy atom. The zero-order chi connectivity index (χ0) is 17.8. The quantitative estimate of drug-likeness (QED) is 0.427. The lowest BCUT2D eigenvalue weighted by Crippen LogP contribution is -2.20. The van der Waals surface area contributed by atoms with E-state index in [0.717, 1.165) is 0 Å². The number of hydrogen-bond acceptors (Lipinski definition) is 5. The summed E-state index contributed by atoms with van der Waals surface area (Å²) in [5, 5.41) is 2.64. The van der Waals surface area contributed by atoms with Crippen LogP contribution in [0.4, 0.5) is 5.69 Å². The van der Waals surface area contributed by atoms with Crippen LogP contribution in [0.1, 0.15) is 20.8 Å². The average molecular weight is 333 g/mol. The van der Waals surface area contributed by atoms with Gasteiger partial charge in [0.25, 0.3) is 5.91 Å². The van der Waals surface area contributed by atoms with E-state index in [1.54, 1.807) is 36.4 Å². The first-order chi connectivity index (χ1) is 11.6. The van der Waals surface area contributed by atoms with Crippen molar-refractivity contribution in [3.05, 3.63) is 42.5 Å². The summed E-state index contributed by atoms with van der Waals surface area (Å²) in [6, 6.07) is 5.08. The molecule has 130 valence electrons. The fourth-order valence-electron chi connectivity index (χ4n) is 1.76. The molecule has 0 aliphatic heterocycles. The molecule has 0 radical (unpaired) electrons. The van der Waals surface area contributed by atoms with Crippen LogP contribution in [0.15, 0.2) is 42.5 Å². The molecule has 1 aromatic rings. The Kier molecular flexibility index (Phi) is 8.74. The number of esters is 1. The van der Waals surface area contributed by atoms with E-state index in [0.29, 0.717) is 30.4 Å². The Morgan fingerprint density at radius 2 is 1.79 bits per heavy atom. The van der Waals surface area contributed by atoms with E-state index in [4.69, 9.17) is 14.2 Å². The molecule has 1 N–H and O–H groups in total. The number of benzene rings is 1. The SMILES string of the molecule is C/C=C/C=C/C(=O)OCC(=O)Nc1ccc(OCC)c(OCC)c1. The maximum absolute atomic E-state index is 11.8. The summed E-state index contributed by atoms with van der Waals surface area (Å²) in [6.07, 6.45) is 6.26. The number of carbonyl (C=O) groups is 2. The van der Waals surface area contributed by atoms with Crippen molar-refractivity contribution in [1.29, 1.82) is 0 Å². The molecule has 0 saturated heterocycles. The van der Waals surface area contributed by atoms with Crippen LogP contribution in [0.5, 0.6) is 11.5 Å². The van der Waals surface area contributed by atoms with Gasteiger partial charge in [0.15, 0.2) is 18.1 Å². The van der Waals surface area contributed by atoms with Crippen LogP contribution >= 0.6 is 0 Å². The highest BCUT2D eigenvalue weighted by Crippen LogP contribution is 2.30. The van der Waals surface area contributed by atoms with Crippen molar-refractivity contribution in [2.24, 2.45) is 0 Å². The Bertz CT molecular complexity index is 607. The van der Waals surface area contributed by atoms with Gasteiger partial charge in [-0.3, -0.25) is 4.79 Å².